The lowest BCUT2D eigenvalue weighted by molar-refractivity contribution is 0.628. The molecule has 1 aromatic carbocycles. The molecule has 1 unspecified atom stereocenters. The average molecular weight is 261 g/mol. The predicted molar refractivity (Wildman–Crippen MR) is 75.9 cm³/mol. The van der Waals surface area contributed by atoms with Crippen LogP contribution in [0.15, 0.2) is 42.7 Å². The Morgan fingerprint density at radius 2 is 2.11 bits per heavy atom. The van der Waals surface area contributed by atoms with E-state index in [1.165, 1.54) is 11.1 Å². The molecule has 0 aliphatic rings. The van der Waals surface area contributed by atoms with Crippen molar-refractivity contribution in [1.82, 2.24) is 10.3 Å². The lowest BCUT2D eigenvalue weighted by atomic mass is 9.98. The molecule has 0 aliphatic heterocycles. The third kappa shape index (κ3) is 3.09. The number of aromatic nitrogens is 1. The van der Waals surface area contributed by atoms with Gasteiger partial charge in [-0.25, -0.2) is 0 Å². The van der Waals surface area contributed by atoms with Gasteiger partial charge in [-0.15, -0.1) is 0 Å². The first-order valence-electron chi connectivity index (χ1n) is 6.11. The van der Waals surface area contributed by atoms with Crippen LogP contribution in [0.1, 0.15) is 29.7 Å². The van der Waals surface area contributed by atoms with Crippen molar-refractivity contribution in [3.05, 3.63) is 64.4 Å². The van der Waals surface area contributed by atoms with Crippen LogP contribution in [0.2, 0.25) is 5.02 Å². The molecule has 0 amide bonds. The van der Waals surface area contributed by atoms with Crippen molar-refractivity contribution in [3.63, 3.8) is 0 Å². The van der Waals surface area contributed by atoms with Crippen LogP contribution in [0.4, 0.5) is 0 Å². The summed E-state index contributed by atoms with van der Waals surface area (Å²) in [6.45, 7) is 5.05. The maximum atomic E-state index is 6.14. The first-order chi connectivity index (χ1) is 8.70. The number of hydrogen-bond acceptors (Lipinski definition) is 2. The summed E-state index contributed by atoms with van der Waals surface area (Å²) in [6.07, 6.45) is 3.68. The molecule has 2 aromatic rings. The van der Waals surface area contributed by atoms with Crippen LogP contribution in [0, 0.1) is 6.92 Å². The third-order valence-corrected chi connectivity index (χ3v) is 3.04. The summed E-state index contributed by atoms with van der Waals surface area (Å²) >= 11 is 6.14. The summed E-state index contributed by atoms with van der Waals surface area (Å²) in [5, 5.41) is 4.25. The molecule has 2 nitrogen and oxygen atoms in total. The zero-order valence-electron chi connectivity index (χ0n) is 10.7. The summed E-state index contributed by atoms with van der Waals surface area (Å²) in [4.78, 5) is 4.19. The molecule has 94 valence electrons. The number of nitrogens with one attached hydrogen (secondary N) is 1. The van der Waals surface area contributed by atoms with Crippen molar-refractivity contribution < 1.29 is 0 Å². The van der Waals surface area contributed by atoms with Crippen LogP contribution >= 0.6 is 11.6 Å². The van der Waals surface area contributed by atoms with Gasteiger partial charge in [-0.3, -0.25) is 4.98 Å². The van der Waals surface area contributed by atoms with Crippen LogP contribution in [0.3, 0.4) is 0 Å². The fraction of sp³-hybridized carbons (Fsp3) is 0.267. The standard InChI is InChI=1S/C15H17ClN2/c1-3-18-15(12-5-4-6-17-10-12)13-7-11(2)8-14(16)9-13/h4-10,15,18H,3H2,1-2H3. The first-order valence-corrected chi connectivity index (χ1v) is 6.49. The van der Waals surface area contributed by atoms with E-state index < -0.39 is 0 Å². The topological polar surface area (TPSA) is 24.9 Å². The zero-order chi connectivity index (χ0) is 13.0. The quantitative estimate of drug-likeness (QED) is 0.906. The molecule has 18 heavy (non-hydrogen) atoms. The summed E-state index contributed by atoms with van der Waals surface area (Å²) in [5.74, 6) is 0. The molecule has 0 fully saturated rings. The molecule has 0 spiro atoms. The minimum absolute atomic E-state index is 0.140. The third-order valence-electron chi connectivity index (χ3n) is 2.82. The average Bonchev–Trinajstić information content (AvgIpc) is 2.36. The normalized spacial score (nSPS) is 12.4. The van der Waals surface area contributed by atoms with Gasteiger partial charge in [0.05, 0.1) is 6.04 Å². The molecule has 0 radical (unpaired) electrons. The van der Waals surface area contributed by atoms with Gasteiger partial charge in [0, 0.05) is 17.4 Å². The summed E-state index contributed by atoms with van der Waals surface area (Å²) < 4.78 is 0. The van der Waals surface area contributed by atoms with Gasteiger partial charge in [0.25, 0.3) is 0 Å². The maximum Gasteiger partial charge on any atom is 0.0592 e. The Kier molecular flexibility index (Phi) is 4.34. The highest BCUT2D eigenvalue weighted by Gasteiger charge is 2.13. The Bertz CT molecular complexity index is 491. The van der Waals surface area contributed by atoms with E-state index in [2.05, 4.69) is 36.3 Å². The van der Waals surface area contributed by atoms with Gasteiger partial charge >= 0.3 is 0 Å². The first kappa shape index (κ1) is 13.1. The summed E-state index contributed by atoms with van der Waals surface area (Å²) in [5.41, 5.74) is 3.50. The highest BCUT2D eigenvalue weighted by Crippen LogP contribution is 2.25. The largest absolute Gasteiger partial charge is 0.306 e. The second kappa shape index (κ2) is 5.98. The molecule has 0 saturated heterocycles. The lowest BCUT2D eigenvalue weighted by Crippen LogP contribution is -2.22. The Morgan fingerprint density at radius 3 is 2.72 bits per heavy atom. The van der Waals surface area contributed by atoms with Gasteiger partial charge in [-0.05, 0) is 48.4 Å². The Morgan fingerprint density at radius 1 is 1.28 bits per heavy atom. The zero-order valence-corrected chi connectivity index (χ0v) is 11.4. The van der Waals surface area contributed by atoms with E-state index in [9.17, 15) is 0 Å². The van der Waals surface area contributed by atoms with E-state index >= 15 is 0 Å². The van der Waals surface area contributed by atoms with Gasteiger partial charge in [0.1, 0.15) is 0 Å². The fourth-order valence-corrected chi connectivity index (χ4v) is 2.41. The molecule has 1 aromatic heterocycles. The number of halogens is 1. The number of nitrogens with zero attached hydrogens (tertiary/aromatic N) is 1. The maximum absolute atomic E-state index is 6.14. The molecule has 1 atom stereocenters. The van der Waals surface area contributed by atoms with Crippen LogP contribution in [0.5, 0.6) is 0 Å². The monoisotopic (exact) mass is 260 g/mol. The number of pyridine rings is 1. The van der Waals surface area contributed by atoms with Crippen molar-refractivity contribution in [2.24, 2.45) is 0 Å². The summed E-state index contributed by atoms with van der Waals surface area (Å²) in [7, 11) is 0. The molecule has 0 bridgehead atoms. The predicted octanol–water partition coefficient (Wildman–Crippen LogP) is 3.74. The van der Waals surface area contributed by atoms with E-state index in [-0.39, 0.29) is 6.04 Å². The van der Waals surface area contributed by atoms with Gasteiger partial charge in [0.2, 0.25) is 0 Å². The molecule has 1 N–H and O–H groups in total. The van der Waals surface area contributed by atoms with Gasteiger partial charge in [0.15, 0.2) is 0 Å². The second-order valence-electron chi connectivity index (χ2n) is 4.34. The van der Waals surface area contributed by atoms with Crippen molar-refractivity contribution in [3.8, 4) is 0 Å². The van der Waals surface area contributed by atoms with E-state index in [4.69, 9.17) is 11.6 Å². The number of aryl methyl sites for hydroxylation is 1. The van der Waals surface area contributed by atoms with Crippen molar-refractivity contribution in [2.45, 2.75) is 19.9 Å². The second-order valence-corrected chi connectivity index (χ2v) is 4.78. The Balaban J connectivity index is 2.41. The minimum Gasteiger partial charge on any atom is -0.306 e. The molecule has 0 saturated carbocycles. The minimum atomic E-state index is 0.140. The van der Waals surface area contributed by atoms with Gasteiger partial charge in [-0.2, -0.15) is 0 Å². The van der Waals surface area contributed by atoms with Crippen LogP contribution in [-0.4, -0.2) is 11.5 Å². The summed E-state index contributed by atoms with van der Waals surface area (Å²) in [6, 6.07) is 10.3. The molecule has 3 heteroatoms. The highest BCUT2D eigenvalue weighted by atomic mass is 35.5. The molecule has 2 rings (SSSR count). The molecule has 1 heterocycles. The van der Waals surface area contributed by atoms with E-state index in [1.54, 1.807) is 6.20 Å². The van der Waals surface area contributed by atoms with Crippen molar-refractivity contribution in [1.29, 1.82) is 0 Å². The lowest BCUT2D eigenvalue weighted by Gasteiger charge is -2.19. The molecular formula is C15H17ClN2. The highest BCUT2D eigenvalue weighted by molar-refractivity contribution is 6.30. The van der Waals surface area contributed by atoms with Crippen molar-refractivity contribution >= 4 is 11.6 Å². The number of rotatable bonds is 4. The SMILES string of the molecule is CCNC(c1cccnc1)c1cc(C)cc(Cl)c1. The van der Waals surface area contributed by atoms with Crippen LogP contribution < -0.4 is 5.32 Å². The van der Waals surface area contributed by atoms with E-state index in [0.717, 1.165) is 17.1 Å². The van der Waals surface area contributed by atoms with Gasteiger partial charge < -0.3 is 5.32 Å². The van der Waals surface area contributed by atoms with Gasteiger partial charge in [-0.1, -0.05) is 30.7 Å². The Hall–Kier alpha value is -1.38. The van der Waals surface area contributed by atoms with Crippen LogP contribution in [0.25, 0.3) is 0 Å². The number of hydrogen-bond donors (Lipinski definition) is 1. The fourth-order valence-electron chi connectivity index (χ4n) is 2.11. The van der Waals surface area contributed by atoms with E-state index in [1.807, 2.05) is 24.4 Å². The van der Waals surface area contributed by atoms with E-state index in [0.29, 0.717) is 0 Å². The molecular weight excluding hydrogens is 244 g/mol. The van der Waals surface area contributed by atoms with Crippen LogP contribution in [-0.2, 0) is 0 Å². The van der Waals surface area contributed by atoms with Crippen molar-refractivity contribution in [2.75, 3.05) is 6.54 Å². The molecule has 0 aliphatic carbocycles. The smallest absolute Gasteiger partial charge is 0.0592 e. The number of benzene rings is 1. The Labute approximate surface area is 113 Å².